The van der Waals surface area contributed by atoms with E-state index in [-0.39, 0.29) is 5.78 Å². The standard InChI is InChI=1S/C12H10BrNO2/c1-8(15)11-7-14-16-12(11)6-9-2-4-10(13)5-3-9/h2-5,7H,6H2,1H3. The third-order valence-corrected chi connectivity index (χ3v) is 2.83. The molecular weight excluding hydrogens is 270 g/mol. The number of nitrogens with zero attached hydrogens (tertiary/aromatic N) is 1. The topological polar surface area (TPSA) is 43.1 Å². The molecule has 0 amide bonds. The van der Waals surface area contributed by atoms with Crippen LogP contribution in [0.3, 0.4) is 0 Å². The lowest BCUT2D eigenvalue weighted by Gasteiger charge is -1.99. The van der Waals surface area contributed by atoms with Gasteiger partial charge in [-0.25, -0.2) is 0 Å². The molecule has 16 heavy (non-hydrogen) atoms. The van der Waals surface area contributed by atoms with Crippen molar-refractivity contribution in [2.75, 3.05) is 0 Å². The molecule has 0 saturated heterocycles. The van der Waals surface area contributed by atoms with E-state index in [9.17, 15) is 4.79 Å². The van der Waals surface area contributed by atoms with Crippen LogP contribution in [0, 0.1) is 0 Å². The van der Waals surface area contributed by atoms with Gasteiger partial charge in [0.25, 0.3) is 0 Å². The number of Topliss-reactive ketones (excluding diaryl/α,β-unsaturated/α-hetero) is 1. The molecule has 1 heterocycles. The quantitative estimate of drug-likeness (QED) is 0.811. The summed E-state index contributed by atoms with van der Waals surface area (Å²) >= 11 is 3.37. The van der Waals surface area contributed by atoms with E-state index in [0.29, 0.717) is 17.7 Å². The lowest BCUT2D eigenvalue weighted by Crippen LogP contribution is -1.96. The molecule has 0 N–H and O–H groups in total. The second kappa shape index (κ2) is 4.61. The lowest BCUT2D eigenvalue weighted by atomic mass is 10.1. The van der Waals surface area contributed by atoms with Gasteiger partial charge in [0.1, 0.15) is 0 Å². The largest absolute Gasteiger partial charge is 0.360 e. The highest BCUT2D eigenvalue weighted by atomic mass is 79.9. The molecule has 0 unspecified atom stereocenters. The lowest BCUT2D eigenvalue weighted by molar-refractivity contribution is 0.101. The van der Waals surface area contributed by atoms with Gasteiger partial charge in [0.05, 0.1) is 11.8 Å². The van der Waals surface area contributed by atoms with Gasteiger partial charge in [-0.2, -0.15) is 0 Å². The molecule has 0 bridgehead atoms. The molecule has 82 valence electrons. The van der Waals surface area contributed by atoms with E-state index in [2.05, 4.69) is 21.1 Å². The maximum absolute atomic E-state index is 11.3. The fourth-order valence-electron chi connectivity index (χ4n) is 1.47. The SMILES string of the molecule is CC(=O)c1cnoc1Cc1ccc(Br)cc1. The molecule has 0 atom stereocenters. The number of rotatable bonds is 3. The minimum atomic E-state index is -0.0200. The molecular formula is C12H10BrNO2. The summed E-state index contributed by atoms with van der Waals surface area (Å²) < 4.78 is 6.11. The number of aromatic nitrogens is 1. The Labute approximate surface area is 102 Å². The minimum Gasteiger partial charge on any atom is -0.360 e. The van der Waals surface area contributed by atoms with Crippen LogP contribution in [0.25, 0.3) is 0 Å². The molecule has 2 rings (SSSR count). The zero-order chi connectivity index (χ0) is 11.5. The molecule has 0 aliphatic rings. The van der Waals surface area contributed by atoms with Gasteiger partial charge in [-0.15, -0.1) is 0 Å². The summed E-state index contributed by atoms with van der Waals surface area (Å²) in [5.41, 5.74) is 1.64. The zero-order valence-corrected chi connectivity index (χ0v) is 10.3. The molecule has 1 aromatic heterocycles. The smallest absolute Gasteiger partial charge is 0.165 e. The second-order valence-electron chi connectivity index (χ2n) is 3.52. The summed E-state index contributed by atoms with van der Waals surface area (Å²) in [6, 6.07) is 7.88. The Morgan fingerprint density at radius 1 is 1.38 bits per heavy atom. The van der Waals surface area contributed by atoms with Crippen molar-refractivity contribution < 1.29 is 9.32 Å². The molecule has 0 aliphatic heterocycles. The Morgan fingerprint density at radius 2 is 2.06 bits per heavy atom. The first-order valence-electron chi connectivity index (χ1n) is 4.86. The maximum atomic E-state index is 11.3. The van der Waals surface area contributed by atoms with E-state index in [4.69, 9.17) is 4.52 Å². The van der Waals surface area contributed by atoms with E-state index >= 15 is 0 Å². The van der Waals surface area contributed by atoms with Gasteiger partial charge in [-0.1, -0.05) is 33.2 Å². The summed E-state index contributed by atoms with van der Waals surface area (Å²) in [5.74, 6) is 0.600. The Morgan fingerprint density at radius 3 is 2.69 bits per heavy atom. The van der Waals surface area contributed by atoms with Crippen LogP contribution >= 0.6 is 15.9 Å². The third kappa shape index (κ3) is 2.39. The van der Waals surface area contributed by atoms with Crippen LogP contribution in [0.5, 0.6) is 0 Å². The van der Waals surface area contributed by atoms with E-state index in [0.717, 1.165) is 10.0 Å². The van der Waals surface area contributed by atoms with E-state index in [1.54, 1.807) is 0 Å². The van der Waals surface area contributed by atoms with Crippen LogP contribution in [0.15, 0.2) is 39.5 Å². The average molecular weight is 280 g/mol. The number of ketones is 1. The van der Waals surface area contributed by atoms with Crippen LogP contribution in [0.1, 0.15) is 28.6 Å². The highest BCUT2D eigenvalue weighted by Crippen LogP contribution is 2.16. The van der Waals surface area contributed by atoms with Crippen molar-refractivity contribution in [1.82, 2.24) is 5.16 Å². The number of hydrogen-bond donors (Lipinski definition) is 0. The molecule has 0 aliphatic carbocycles. The highest BCUT2D eigenvalue weighted by Gasteiger charge is 2.12. The predicted molar refractivity (Wildman–Crippen MR) is 63.5 cm³/mol. The third-order valence-electron chi connectivity index (χ3n) is 2.30. The average Bonchev–Trinajstić information content (AvgIpc) is 2.69. The van der Waals surface area contributed by atoms with Gasteiger partial charge < -0.3 is 4.52 Å². The van der Waals surface area contributed by atoms with Crippen molar-refractivity contribution in [3.05, 3.63) is 51.8 Å². The highest BCUT2D eigenvalue weighted by molar-refractivity contribution is 9.10. The van der Waals surface area contributed by atoms with Crippen molar-refractivity contribution in [2.45, 2.75) is 13.3 Å². The Kier molecular flexibility index (Phi) is 3.19. The van der Waals surface area contributed by atoms with Crippen molar-refractivity contribution in [1.29, 1.82) is 0 Å². The van der Waals surface area contributed by atoms with Crippen molar-refractivity contribution in [3.63, 3.8) is 0 Å². The summed E-state index contributed by atoms with van der Waals surface area (Å²) in [7, 11) is 0. The number of benzene rings is 1. The Bertz CT molecular complexity index is 502. The summed E-state index contributed by atoms with van der Waals surface area (Å²) in [6.07, 6.45) is 2.05. The van der Waals surface area contributed by atoms with Crippen molar-refractivity contribution in [3.8, 4) is 0 Å². The van der Waals surface area contributed by atoms with Gasteiger partial charge in [-0.05, 0) is 24.6 Å². The van der Waals surface area contributed by atoms with E-state index in [1.807, 2.05) is 24.3 Å². The van der Waals surface area contributed by atoms with Crippen LogP contribution in [0.2, 0.25) is 0 Å². The van der Waals surface area contributed by atoms with E-state index in [1.165, 1.54) is 13.1 Å². The molecule has 0 fully saturated rings. The number of carbonyl (C=O) groups excluding carboxylic acids is 1. The normalized spacial score (nSPS) is 10.4. The number of halogens is 1. The van der Waals surface area contributed by atoms with Crippen LogP contribution in [0.4, 0.5) is 0 Å². The Hall–Kier alpha value is -1.42. The van der Waals surface area contributed by atoms with Gasteiger partial charge in [-0.3, -0.25) is 4.79 Å². The molecule has 0 saturated carbocycles. The van der Waals surface area contributed by atoms with Gasteiger partial charge in [0.2, 0.25) is 0 Å². The van der Waals surface area contributed by atoms with Crippen molar-refractivity contribution in [2.24, 2.45) is 0 Å². The minimum absolute atomic E-state index is 0.0200. The van der Waals surface area contributed by atoms with Gasteiger partial charge >= 0.3 is 0 Å². The predicted octanol–water partition coefficient (Wildman–Crippen LogP) is 3.23. The second-order valence-corrected chi connectivity index (χ2v) is 4.44. The maximum Gasteiger partial charge on any atom is 0.165 e. The number of carbonyl (C=O) groups is 1. The first-order chi connectivity index (χ1) is 7.66. The van der Waals surface area contributed by atoms with Crippen LogP contribution < -0.4 is 0 Å². The van der Waals surface area contributed by atoms with Crippen LogP contribution in [-0.2, 0) is 6.42 Å². The first-order valence-corrected chi connectivity index (χ1v) is 5.65. The fourth-order valence-corrected chi connectivity index (χ4v) is 1.73. The molecule has 2 aromatic rings. The number of hydrogen-bond acceptors (Lipinski definition) is 3. The molecule has 3 nitrogen and oxygen atoms in total. The van der Waals surface area contributed by atoms with E-state index < -0.39 is 0 Å². The van der Waals surface area contributed by atoms with Gasteiger partial charge in [0.15, 0.2) is 11.5 Å². The summed E-state index contributed by atoms with van der Waals surface area (Å²) in [5, 5.41) is 3.65. The Balaban J connectivity index is 2.23. The summed E-state index contributed by atoms with van der Waals surface area (Å²) in [4.78, 5) is 11.3. The fraction of sp³-hybridized carbons (Fsp3) is 0.167. The van der Waals surface area contributed by atoms with Gasteiger partial charge in [0, 0.05) is 10.9 Å². The monoisotopic (exact) mass is 279 g/mol. The molecule has 0 radical (unpaired) electrons. The van der Waals surface area contributed by atoms with Crippen LogP contribution in [-0.4, -0.2) is 10.9 Å². The molecule has 0 spiro atoms. The molecule has 4 heteroatoms. The van der Waals surface area contributed by atoms with Crippen molar-refractivity contribution >= 4 is 21.7 Å². The first kappa shape index (κ1) is 11.1. The summed E-state index contributed by atoms with van der Waals surface area (Å²) in [6.45, 7) is 1.51. The molecule has 1 aromatic carbocycles. The zero-order valence-electron chi connectivity index (χ0n) is 8.74.